The van der Waals surface area contributed by atoms with Crippen LogP contribution in [-0.4, -0.2) is 16.8 Å². The number of hydrogen-bond acceptors (Lipinski definition) is 2. The maximum Gasteiger partial charge on any atom is 0.292 e. The fourth-order valence-corrected chi connectivity index (χ4v) is 0.728. The average molecular weight is 162 g/mol. The number of hydrazine groups is 1. The van der Waals surface area contributed by atoms with Gasteiger partial charge in [0, 0.05) is 6.54 Å². The Bertz CT molecular complexity index is 108. The molecular formula is C6H14N2OS. The van der Waals surface area contributed by atoms with Crippen LogP contribution < -0.4 is 5.84 Å². The van der Waals surface area contributed by atoms with Gasteiger partial charge in [-0.3, -0.25) is 9.80 Å². The Morgan fingerprint density at radius 2 is 2.20 bits per heavy atom. The molecule has 0 rings (SSSR count). The summed E-state index contributed by atoms with van der Waals surface area (Å²) in [5.74, 6) is 5.26. The maximum absolute atomic E-state index is 10.4. The number of unbranched alkanes of at least 4 members (excludes halogenated alkanes) is 2. The van der Waals surface area contributed by atoms with E-state index in [0.717, 1.165) is 24.3 Å². The summed E-state index contributed by atoms with van der Waals surface area (Å²) in [5.41, 5.74) is 0. The fourth-order valence-electron chi connectivity index (χ4n) is 0.628. The lowest BCUT2D eigenvalue weighted by molar-refractivity contribution is 0.223. The van der Waals surface area contributed by atoms with Crippen LogP contribution in [0.5, 0.6) is 0 Å². The van der Waals surface area contributed by atoms with Crippen molar-refractivity contribution in [3.63, 3.8) is 0 Å². The van der Waals surface area contributed by atoms with Crippen molar-refractivity contribution in [3.05, 3.63) is 0 Å². The summed E-state index contributed by atoms with van der Waals surface area (Å²) in [6, 6.07) is 0. The quantitative estimate of drug-likeness (QED) is 0.216. The van der Waals surface area contributed by atoms with Gasteiger partial charge in [-0.15, -0.1) is 0 Å². The molecule has 1 amide bonds. The smallest absolute Gasteiger partial charge is 0.272 e. The van der Waals surface area contributed by atoms with Crippen molar-refractivity contribution in [1.82, 2.24) is 5.01 Å². The highest BCUT2D eigenvalue weighted by Crippen LogP contribution is 1.96. The second kappa shape index (κ2) is 5.56. The van der Waals surface area contributed by atoms with Gasteiger partial charge in [0.25, 0.3) is 5.24 Å². The van der Waals surface area contributed by atoms with E-state index >= 15 is 0 Å². The van der Waals surface area contributed by atoms with E-state index in [4.69, 9.17) is 5.84 Å². The van der Waals surface area contributed by atoms with Crippen LogP contribution in [0, 0.1) is 0 Å². The second-order valence-corrected chi connectivity index (χ2v) is 2.57. The van der Waals surface area contributed by atoms with Crippen molar-refractivity contribution < 1.29 is 4.79 Å². The number of amides is 1. The zero-order valence-corrected chi connectivity index (χ0v) is 7.10. The molecule has 2 N–H and O–H groups in total. The summed E-state index contributed by atoms with van der Waals surface area (Å²) in [5, 5.41) is 0.759. The minimum atomic E-state index is -0.365. The van der Waals surface area contributed by atoms with Crippen molar-refractivity contribution in [2.45, 2.75) is 26.2 Å². The maximum atomic E-state index is 10.4. The Morgan fingerprint density at radius 3 is 2.60 bits per heavy atom. The molecule has 0 aromatic heterocycles. The third-order valence-electron chi connectivity index (χ3n) is 1.25. The van der Waals surface area contributed by atoms with Gasteiger partial charge in [0.05, 0.1) is 0 Å². The number of nitrogens with zero attached hydrogens (tertiary/aromatic N) is 1. The molecule has 0 aromatic rings. The van der Waals surface area contributed by atoms with Crippen LogP contribution in [0.4, 0.5) is 4.79 Å². The Morgan fingerprint density at radius 1 is 1.60 bits per heavy atom. The molecule has 0 aliphatic carbocycles. The van der Waals surface area contributed by atoms with Gasteiger partial charge >= 0.3 is 0 Å². The standard InChI is InChI=1S/C6H14N2OS/c1-2-3-4-5-8(7)6(9)10/h2-5,7H2,1H3,(H,9,10). The number of nitrogens with two attached hydrogens (primary N) is 1. The minimum absolute atomic E-state index is 0.365. The Labute approximate surface area is 67.0 Å². The van der Waals surface area contributed by atoms with Gasteiger partial charge < -0.3 is 0 Å². The third-order valence-corrected chi connectivity index (χ3v) is 1.51. The van der Waals surface area contributed by atoms with Crippen LogP contribution in [0.3, 0.4) is 0 Å². The van der Waals surface area contributed by atoms with Crippen molar-refractivity contribution in [2.75, 3.05) is 6.54 Å². The molecule has 0 unspecified atom stereocenters. The highest BCUT2D eigenvalue weighted by Gasteiger charge is 2.00. The van der Waals surface area contributed by atoms with Gasteiger partial charge in [0.15, 0.2) is 0 Å². The van der Waals surface area contributed by atoms with E-state index in [1.807, 2.05) is 0 Å². The van der Waals surface area contributed by atoms with Crippen LogP contribution in [0.15, 0.2) is 0 Å². The summed E-state index contributed by atoms with van der Waals surface area (Å²) < 4.78 is 0. The number of hydrogen-bond donors (Lipinski definition) is 2. The normalized spacial score (nSPS) is 9.50. The van der Waals surface area contributed by atoms with Gasteiger partial charge in [0.1, 0.15) is 0 Å². The molecule has 0 aromatic carbocycles. The largest absolute Gasteiger partial charge is 0.292 e. The number of rotatable bonds is 4. The van der Waals surface area contributed by atoms with E-state index in [2.05, 4.69) is 19.6 Å². The molecule has 60 valence electrons. The molecule has 10 heavy (non-hydrogen) atoms. The predicted octanol–water partition coefficient (Wildman–Crippen LogP) is 1.40. The van der Waals surface area contributed by atoms with Crippen molar-refractivity contribution in [3.8, 4) is 0 Å². The summed E-state index contributed by atoms with van der Waals surface area (Å²) in [7, 11) is 0. The van der Waals surface area contributed by atoms with Gasteiger partial charge in [-0.25, -0.2) is 5.84 Å². The van der Waals surface area contributed by atoms with Crippen LogP contribution in [-0.2, 0) is 0 Å². The lowest BCUT2D eigenvalue weighted by Gasteiger charge is -2.11. The zero-order chi connectivity index (χ0) is 7.98. The summed E-state index contributed by atoms with van der Waals surface area (Å²) >= 11 is 3.56. The first kappa shape index (κ1) is 9.78. The Balaban J connectivity index is 3.21. The topological polar surface area (TPSA) is 46.3 Å². The molecule has 0 saturated carbocycles. The first-order valence-electron chi connectivity index (χ1n) is 3.43. The molecule has 0 aliphatic rings. The van der Waals surface area contributed by atoms with Crippen molar-refractivity contribution >= 4 is 17.9 Å². The minimum Gasteiger partial charge on any atom is -0.272 e. The molecule has 3 nitrogen and oxygen atoms in total. The van der Waals surface area contributed by atoms with E-state index in [1.165, 1.54) is 0 Å². The van der Waals surface area contributed by atoms with Crippen molar-refractivity contribution in [2.24, 2.45) is 5.84 Å². The van der Waals surface area contributed by atoms with Crippen LogP contribution >= 0.6 is 12.6 Å². The highest BCUT2D eigenvalue weighted by molar-refractivity contribution is 7.96. The number of thiol groups is 1. The van der Waals surface area contributed by atoms with E-state index in [9.17, 15) is 4.79 Å². The first-order valence-corrected chi connectivity index (χ1v) is 3.88. The monoisotopic (exact) mass is 162 g/mol. The van der Waals surface area contributed by atoms with Crippen LogP contribution in [0.1, 0.15) is 26.2 Å². The van der Waals surface area contributed by atoms with Crippen LogP contribution in [0.25, 0.3) is 0 Å². The lowest BCUT2D eigenvalue weighted by Crippen LogP contribution is -2.34. The molecule has 0 radical (unpaired) electrons. The number of carbonyl (C=O) groups excluding carboxylic acids is 1. The first-order chi connectivity index (χ1) is 4.68. The molecule has 0 fully saturated rings. The predicted molar refractivity (Wildman–Crippen MR) is 44.8 cm³/mol. The zero-order valence-electron chi connectivity index (χ0n) is 6.21. The van der Waals surface area contributed by atoms with Gasteiger partial charge in [-0.05, 0) is 6.42 Å². The molecule has 0 spiro atoms. The third kappa shape index (κ3) is 4.64. The second-order valence-electron chi connectivity index (χ2n) is 2.18. The lowest BCUT2D eigenvalue weighted by atomic mass is 10.2. The fraction of sp³-hybridized carbons (Fsp3) is 0.833. The van der Waals surface area contributed by atoms with E-state index < -0.39 is 0 Å². The molecule has 0 bridgehead atoms. The molecule has 0 heterocycles. The SMILES string of the molecule is CCCCCN(N)C(=O)S. The van der Waals surface area contributed by atoms with Gasteiger partial charge in [-0.1, -0.05) is 32.4 Å². The number of carbonyl (C=O) groups is 1. The summed E-state index contributed by atoms with van der Waals surface area (Å²) in [6.07, 6.45) is 3.20. The Hall–Kier alpha value is -0.220. The average Bonchev–Trinajstić information content (AvgIpc) is 1.88. The summed E-state index contributed by atoms with van der Waals surface area (Å²) in [6.45, 7) is 2.71. The Kier molecular flexibility index (Phi) is 5.43. The van der Waals surface area contributed by atoms with E-state index in [1.54, 1.807) is 0 Å². The van der Waals surface area contributed by atoms with E-state index in [-0.39, 0.29) is 5.24 Å². The highest BCUT2D eigenvalue weighted by atomic mass is 32.1. The van der Waals surface area contributed by atoms with Crippen molar-refractivity contribution in [1.29, 1.82) is 0 Å². The molecule has 0 saturated heterocycles. The molecule has 0 atom stereocenters. The molecular weight excluding hydrogens is 148 g/mol. The molecule has 0 aliphatic heterocycles. The summed E-state index contributed by atoms with van der Waals surface area (Å²) in [4.78, 5) is 10.4. The molecule has 4 heteroatoms. The van der Waals surface area contributed by atoms with Crippen LogP contribution in [0.2, 0.25) is 0 Å². The van der Waals surface area contributed by atoms with E-state index in [0.29, 0.717) is 6.54 Å². The van der Waals surface area contributed by atoms with Gasteiger partial charge in [0.2, 0.25) is 0 Å². The van der Waals surface area contributed by atoms with Gasteiger partial charge in [-0.2, -0.15) is 0 Å².